The Morgan fingerprint density at radius 1 is 1.14 bits per heavy atom. The minimum Gasteiger partial charge on any atom is -0.490 e. The summed E-state index contributed by atoms with van der Waals surface area (Å²) < 4.78 is 60.8. The summed E-state index contributed by atoms with van der Waals surface area (Å²) in [6, 6.07) is 12.6. The van der Waals surface area contributed by atoms with Crippen LogP contribution in [0, 0.1) is 0 Å². The standard InChI is InChI=1S/C25H17F3N2O5/c1-32-20-8-6-18-22(29-20)24(13-34-18)21-16(14-9-10-33-12-14)3-2-4-17(21)30(23(24)31)11-15-5-7-19(35-15)25(26,27)28/h2-10,12H,11,13H2,1H3. The molecule has 10 heteroatoms. The first kappa shape index (κ1) is 21.3. The Labute approximate surface area is 196 Å². The van der Waals surface area contributed by atoms with Gasteiger partial charge in [-0.25, -0.2) is 4.98 Å². The van der Waals surface area contributed by atoms with E-state index in [2.05, 4.69) is 4.98 Å². The van der Waals surface area contributed by atoms with Crippen LogP contribution in [0.5, 0.6) is 11.6 Å². The molecule has 1 aromatic carbocycles. The van der Waals surface area contributed by atoms with E-state index in [-0.39, 0.29) is 24.8 Å². The van der Waals surface area contributed by atoms with Crippen molar-refractivity contribution in [2.45, 2.75) is 18.1 Å². The van der Waals surface area contributed by atoms with Gasteiger partial charge in [0.05, 0.1) is 26.2 Å². The molecule has 1 atom stereocenters. The van der Waals surface area contributed by atoms with E-state index in [1.54, 1.807) is 36.6 Å². The van der Waals surface area contributed by atoms with Crippen molar-refractivity contribution < 1.29 is 36.3 Å². The molecule has 2 aliphatic rings. The van der Waals surface area contributed by atoms with Crippen LogP contribution in [-0.2, 0) is 22.9 Å². The van der Waals surface area contributed by atoms with Crippen LogP contribution < -0.4 is 14.4 Å². The monoisotopic (exact) mass is 482 g/mol. The van der Waals surface area contributed by atoms with Crippen LogP contribution >= 0.6 is 0 Å². The molecule has 1 amide bonds. The van der Waals surface area contributed by atoms with Crippen molar-refractivity contribution in [2.75, 3.05) is 18.6 Å². The van der Waals surface area contributed by atoms with E-state index in [0.29, 0.717) is 28.6 Å². The molecule has 1 unspecified atom stereocenters. The van der Waals surface area contributed by atoms with Gasteiger partial charge in [0.2, 0.25) is 17.5 Å². The number of hydrogen-bond donors (Lipinski definition) is 0. The largest absolute Gasteiger partial charge is 0.490 e. The Morgan fingerprint density at radius 3 is 2.71 bits per heavy atom. The highest BCUT2D eigenvalue weighted by molar-refractivity contribution is 6.13. The molecule has 5 heterocycles. The lowest BCUT2D eigenvalue weighted by Crippen LogP contribution is -2.42. The summed E-state index contributed by atoms with van der Waals surface area (Å²) >= 11 is 0. The van der Waals surface area contributed by atoms with Crippen molar-refractivity contribution in [1.29, 1.82) is 0 Å². The van der Waals surface area contributed by atoms with Gasteiger partial charge in [-0.3, -0.25) is 4.79 Å². The first-order chi connectivity index (χ1) is 16.8. The maximum atomic E-state index is 14.2. The predicted octanol–water partition coefficient (Wildman–Crippen LogP) is 5.19. The van der Waals surface area contributed by atoms with Gasteiger partial charge in [-0.15, -0.1) is 0 Å². The van der Waals surface area contributed by atoms with E-state index in [1.807, 2.05) is 6.07 Å². The van der Waals surface area contributed by atoms with Gasteiger partial charge >= 0.3 is 6.18 Å². The number of carbonyl (C=O) groups is 1. The Balaban J connectivity index is 1.55. The highest BCUT2D eigenvalue weighted by Gasteiger charge is 2.59. The summed E-state index contributed by atoms with van der Waals surface area (Å²) in [4.78, 5) is 20.1. The van der Waals surface area contributed by atoms with Crippen molar-refractivity contribution in [2.24, 2.45) is 0 Å². The van der Waals surface area contributed by atoms with Gasteiger partial charge in [0.15, 0.2) is 5.41 Å². The Bertz CT molecular complexity index is 1440. The van der Waals surface area contributed by atoms with Gasteiger partial charge in [-0.1, -0.05) is 12.1 Å². The fraction of sp³-hybridized carbons (Fsp3) is 0.200. The number of furan rings is 2. The summed E-state index contributed by atoms with van der Waals surface area (Å²) in [5.74, 6) is -0.760. The van der Waals surface area contributed by atoms with Crippen LogP contribution in [0.1, 0.15) is 22.8 Å². The maximum absolute atomic E-state index is 14.2. The minimum atomic E-state index is -4.63. The Hall–Kier alpha value is -4.21. The third kappa shape index (κ3) is 3.05. The van der Waals surface area contributed by atoms with Crippen molar-refractivity contribution in [3.8, 4) is 22.8 Å². The fourth-order valence-electron chi connectivity index (χ4n) is 4.82. The fourth-order valence-corrected chi connectivity index (χ4v) is 4.82. The second-order valence-electron chi connectivity index (χ2n) is 8.26. The molecule has 0 saturated heterocycles. The number of fused-ring (bicyclic) bond motifs is 4. The van der Waals surface area contributed by atoms with Crippen molar-refractivity contribution in [1.82, 2.24) is 4.98 Å². The first-order valence-electron chi connectivity index (χ1n) is 10.6. The molecule has 0 fully saturated rings. The quantitative estimate of drug-likeness (QED) is 0.399. The topological polar surface area (TPSA) is 77.9 Å². The van der Waals surface area contributed by atoms with Gasteiger partial charge in [0.25, 0.3) is 0 Å². The van der Waals surface area contributed by atoms with Gasteiger partial charge in [-0.05, 0) is 35.9 Å². The van der Waals surface area contributed by atoms with Gasteiger partial charge < -0.3 is 23.2 Å². The zero-order valence-corrected chi connectivity index (χ0v) is 18.3. The highest BCUT2D eigenvalue weighted by atomic mass is 19.4. The molecule has 7 nitrogen and oxygen atoms in total. The number of halogens is 3. The molecular weight excluding hydrogens is 465 g/mol. The number of ether oxygens (including phenoxy) is 2. The minimum absolute atomic E-state index is 0.000120. The summed E-state index contributed by atoms with van der Waals surface area (Å²) in [5, 5.41) is 0. The molecule has 0 N–H and O–H groups in total. The molecule has 4 aromatic rings. The molecule has 0 aliphatic carbocycles. The summed E-state index contributed by atoms with van der Waals surface area (Å²) in [6.07, 6.45) is -1.54. The van der Waals surface area contributed by atoms with Crippen LogP contribution in [0.2, 0.25) is 0 Å². The zero-order chi connectivity index (χ0) is 24.4. The molecule has 35 heavy (non-hydrogen) atoms. The number of alkyl halides is 3. The molecule has 6 rings (SSSR count). The van der Waals surface area contributed by atoms with Crippen LogP contribution in [0.4, 0.5) is 18.9 Å². The number of rotatable bonds is 4. The molecule has 0 radical (unpaired) electrons. The molecular formula is C25H17F3N2O5. The van der Waals surface area contributed by atoms with Crippen molar-refractivity contribution in [3.05, 3.63) is 83.8 Å². The van der Waals surface area contributed by atoms with E-state index < -0.39 is 17.4 Å². The normalized spacial score (nSPS) is 18.6. The number of pyridine rings is 1. The number of aromatic nitrogens is 1. The lowest BCUT2D eigenvalue weighted by Gasteiger charge is -2.23. The molecule has 3 aromatic heterocycles. The SMILES string of the molecule is COc1ccc2c(n1)C1(CO2)C(=O)N(Cc2ccc(C(F)(F)F)o2)c2cccc(-c3ccoc3)c21. The number of methoxy groups -OCH3 is 1. The van der Waals surface area contributed by atoms with Crippen LogP contribution in [0.25, 0.3) is 11.1 Å². The van der Waals surface area contributed by atoms with Crippen LogP contribution in [-0.4, -0.2) is 24.6 Å². The van der Waals surface area contributed by atoms with Gasteiger partial charge in [0.1, 0.15) is 23.8 Å². The average Bonchev–Trinajstić information content (AvgIpc) is 3.63. The Morgan fingerprint density at radius 2 is 2.00 bits per heavy atom. The second-order valence-corrected chi connectivity index (χ2v) is 8.26. The number of amides is 1. The Kier molecular flexibility index (Phi) is 4.51. The highest BCUT2D eigenvalue weighted by Crippen LogP contribution is 2.55. The number of nitrogens with zero attached hydrogens (tertiary/aromatic N) is 2. The van der Waals surface area contributed by atoms with Crippen LogP contribution in [0.15, 0.2) is 69.9 Å². The number of hydrogen-bond acceptors (Lipinski definition) is 6. The molecule has 2 aliphatic heterocycles. The molecule has 0 saturated carbocycles. The maximum Gasteiger partial charge on any atom is 0.449 e. The van der Waals surface area contributed by atoms with E-state index in [0.717, 1.165) is 17.2 Å². The lowest BCUT2D eigenvalue weighted by atomic mass is 9.76. The molecule has 1 spiro atoms. The lowest BCUT2D eigenvalue weighted by molar-refractivity contribution is -0.153. The number of anilines is 1. The van der Waals surface area contributed by atoms with Crippen molar-refractivity contribution in [3.63, 3.8) is 0 Å². The predicted molar refractivity (Wildman–Crippen MR) is 116 cm³/mol. The van der Waals surface area contributed by atoms with Gasteiger partial charge in [0, 0.05) is 22.9 Å². The molecule has 0 bridgehead atoms. The third-order valence-electron chi connectivity index (χ3n) is 6.35. The van der Waals surface area contributed by atoms with E-state index in [1.165, 1.54) is 24.3 Å². The third-order valence-corrected chi connectivity index (χ3v) is 6.35. The average molecular weight is 482 g/mol. The summed E-state index contributed by atoms with van der Waals surface area (Å²) in [6.45, 7) is -0.219. The van der Waals surface area contributed by atoms with E-state index >= 15 is 0 Å². The smallest absolute Gasteiger partial charge is 0.449 e. The van der Waals surface area contributed by atoms with E-state index in [9.17, 15) is 18.0 Å². The summed E-state index contributed by atoms with van der Waals surface area (Å²) in [7, 11) is 1.47. The summed E-state index contributed by atoms with van der Waals surface area (Å²) in [5.41, 5.74) is 1.69. The van der Waals surface area contributed by atoms with Crippen LogP contribution in [0.3, 0.4) is 0 Å². The van der Waals surface area contributed by atoms with E-state index in [4.69, 9.17) is 18.3 Å². The first-order valence-corrected chi connectivity index (χ1v) is 10.6. The van der Waals surface area contributed by atoms with Crippen molar-refractivity contribution >= 4 is 11.6 Å². The molecule has 178 valence electrons. The number of carbonyl (C=O) groups excluding carboxylic acids is 1. The van der Waals surface area contributed by atoms with Gasteiger partial charge in [-0.2, -0.15) is 13.2 Å². The number of benzene rings is 1. The zero-order valence-electron chi connectivity index (χ0n) is 18.3. The second kappa shape index (κ2) is 7.39.